The molecule has 144 valence electrons. The van der Waals surface area contributed by atoms with Crippen LogP contribution in [0.25, 0.3) is 0 Å². The second kappa shape index (κ2) is 8.82. The molecule has 0 heterocycles. The van der Waals surface area contributed by atoms with E-state index in [-0.39, 0.29) is 5.56 Å². The normalized spacial score (nSPS) is 11.8. The van der Waals surface area contributed by atoms with Crippen molar-refractivity contribution in [2.75, 3.05) is 4.31 Å². The molecule has 3 aromatic rings. The lowest BCUT2D eigenvalue weighted by Gasteiger charge is -2.27. The summed E-state index contributed by atoms with van der Waals surface area (Å²) in [6, 6.07) is 21.5. The molecule has 5 nitrogen and oxygen atoms in total. The number of nitrogens with zero attached hydrogens (tertiary/aromatic N) is 1. The highest BCUT2D eigenvalue weighted by Crippen LogP contribution is 2.28. The molecule has 0 aliphatic heterocycles. The second-order valence-electron chi connectivity index (χ2n) is 6.53. The molecular weight excluding hydrogens is 374 g/mol. The van der Waals surface area contributed by atoms with Gasteiger partial charge in [0.15, 0.2) is 0 Å². The minimum atomic E-state index is -2.45. The van der Waals surface area contributed by atoms with Crippen LogP contribution in [-0.2, 0) is 24.1 Å². The number of carboxylic acid groups (broad SMARTS) is 1. The van der Waals surface area contributed by atoms with Gasteiger partial charge in [-0.1, -0.05) is 36.4 Å². The molecule has 0 amide bonds. The van der Waals surface area contributed by atoms with E-state index in [4.69, 9.17) is 5.11 Å². The lowest BCUT2D eigenvalue weighted by molar-refractivity contribution is 0.0696. The van der Waals surface area contributed by atoms with Crippen molar-refractivity contribution >= 4 is 28.6 Å². The van der Waals surface area contributed by atoms with Gasteiger partial charge in [-0.2, -0.15) is 0 Å². The molecule has 0 aliphatic rings. The molecule has 3 rings (SSSR count). The molecular formula is C22H20NO4S-. The Kier molecular flexibility index (Phi) is 6.23. The molecule has 28 heavy (non-hydrogen) atoms. The molecule has 0 aliphatic carbocycles. The fraction of sp³-hybridized carbons (Fsp3) is 0.136. The summed E-state index contributed by atoms with van der Waals surface area (Å²) in [6.45, 7) is 1.91. The van der Waals surface area contributed by atoms with Crippen molar-refractivity contribution in [3.05, 3.63) is 95.1 Å². The maximum absolute atomic E-state index is 11.9. The minimum Gasteiger partial charge on any atom is -0.755 e. The third-order valence-corrected chi connectivity index (χ3v) is 5.13. The number of carboxylic acids is 1. The Bertz CT molecular complexity index is 1020. The largest absolute Gasteiger partial charge is 0.755 e. The lowest BCUT2D eigenvalue weighted by Crippen LogP contribution is -2.19. The predicted octanol–water partition coefficient (Wildman–Crippen LogP) is 4.41. The van der Waals surface area contributed by atoms with Crippen LogP contribution >= 0.6 is 0 Å². The van der Waals surface area contributed by atoms with E-state index in [1.807, 2.05) is 49.4 Å². The summed E-state index contributed by atoms with van der Waals surface area (Å²) in [7, 11) is 0. The first kappa shape index (κ1) is 19.8. The summed E-state index contributed by atoms with van der Waals surface area (Å²) in [6.07, 6.45) is 1.33. The van der Waals surface area contributed by atoms with Crippen LogP contribution in [0.1, 0.15) is 27.0 Å². The van der Waals surface area contributed by atoms with Gasteiger partial charge in [0.2, 0.25) is 0 Å². The van der Waals surface area contributed by atoms with Crippen molar-refractivity contribution in [3.8, 4) is 0 Å². The standard InChI is InChI=1S/C22H21NO4S/c1-16-5-2-9-20(13-16)23(28(26)27)21-10-4-7-18(15-21)12-11-17-6-3-8-19(14-17)22(24)25/h2-10,13-15H,11-12H2,1H3,(H,24,25)(H,26,27)/p-1. The molecule has 0 spiro atoms. The first-order chi connectivity index (χ1) is 13.4. The molecule has 1 atom stereocenters. The second-order valence-corrected chi connectivity index (χ2v) is 7.33. The molecule has 0 saturated heterocycles. The number of hydrogen-bond donors (Lipinski definition) is 1. The lowest BCUT2D eigenvalue weighted by atomic mass is 10.0. The number of aromatic carboxylic acids is 1. The van der Waals surface area contributed by atoms with Gasteiger partial charge in [-0.15, -0.1) is 0 Å². The number of hydrogen-bond acceptors (Lipinski definition) is 3. The van der Waals surface area contributed by atoms with Crippen LogP contribution in [-0.4, -0.2) is 19.8 Å². The Morgan fingerprint density at radius 2 is 1.50 bits per heavy atom. The first-order valence-electron chi connectivity index (χ1n) is 8.81. The van der Waals surface area contributed by atoms with Gasteiger partial charge >= 0.3 is 5.97 Å². The van der Waals surface area contributed by atoms with Crippen LogP contribution in [0.15, 0.2) is 72.8 Å². The molecule has 0 aromatic heterocycles. The van der Waals surface area contributed by atoms with E-state index in [2.05, 4.69) is 0 Å². The van der Waals surface area contributed by atoms with Crippen LogP contribution < -0.4 is 4.31 Å². The van der Waals surface area contributed by atoms with Gasteiger partial charge in [-0.25, -0.2) is 4.79 Å². The third-order valence-electron chi connectivity index (χ3n) is 4.41. The van der Waals surface area contributed by atoms with Gasteiger partial charge in [0.1, 0.15) is 0 Å². The van der Waals surface area contributed by atoms with Gasteiger partial charge in [-0.05, 0) is 72.9 Å². The van der Waals surface area contributed by atoms with Crippen LogP contribution in [0.5, 0.6) is 0 Å². The average Bonchev–Trinajstić information content (AvgIpc) is 2.67. The van der Waals surface area contributed by atoms with Gasteiger partial charge < -0.3 is 9.66 Å². The topological polar surface area (TPSA) is 80.7 Å². The number of aryl methyl sites for hydroxylation is 3. The van der Waals surface area contributed by atoms with Crippen LogP contribution in [0.3, 0.4) is 0 Å². The SMILES string of the molecule is Cc1cccc(N(c2cccc(CCc3cccc(C(=O)O)c3)c2)S(=O)[O-])c1. The molecule has 0 radical (unpaired) electrons. The quantitative estimate of drug-likeness (QED) is 0.602. The van der Waals surface area contributed by atoms with Crippen molar-refractivity contribution in [2.24, 2.45) is 0 Å². The van der Waals surface area contributed by atoms with E-state index in [1.54, 1.807) is 30.3 Å². The van der Waals surface area contributed by atoms with E-state index >= 15 is 0 Å². The highest BCUT2D eigenvalue weighted by Gasteiger charge is 2.11. The molecule has 0 fully saturated rings. The Balaban J connectivity index is 1.82. The maximum atomic E-state index is 11.9. The molecule has 3 aromatic carbocycles. The summed E-state index contributed by atoms with van der Waals surface area (Å²) in [5.41, 5.74) is 4.28. The van der Waals surface area contributed by atoms with Crippen molar-refractivity contribution in [3.63, 3.8) is 0 Å². The Labute approximate surface area is 166 Å². The molecule has 6 heteroatoms. The maximum Gasteiger partial charge on any atom is 0.335 e. The summed E-state index contributed by atoms with van der Waals surface area (Å²) >= 11 is -2.45. The van der Waals surface area contributed by atoms with E-state index in [1.165, 1.54) is 4.31 Å². The minimum absolute atomic E-state index is 0.263. The third kappa shape index (κ3) is 4.85. The van der Waals surface area contributed by atoms with Crippen LogP contribution in [0.4, 0.5) is 11.4 Å². The van der Waals surface area contributed by atoms with Crippen molar-refractivity contribution in [1.82, 2.24) is 0 Å². The van der Waals surface area contributed by atoms with Crippen molar-refractivity contribution in [2.45, 2.75) is 19.8 Å². The van der Waals surface area contributed by atoms with Gasteiger partial charge in [0, 0.05) is 0 Å². The zero-order chi connectivity index (χ0) is 20.1. The first-order valence-corrected chi connectivity index (χ1v) is 9.84. The number of anilines is 2. The van der Waals surface area contributed by atoms with Crippen molar-refractivity contribution < 1.29 is 18.7 Å². The molecule has 0 saturated carbocycles. The fourth-order valence-corrected chi connectivity index (χ4v) is 3.63. The average molecular weight is 394 g/mol. The smallest absolute Gasteiger partial charge is 0.335 e. The van der Waals surface area contributed by atoms with E-state index in [0.29, 0.717) is 24.2 Å². The van der Waals surface area contributed by atoms with Crippen molar-refractivity contribution in [1.29, 1.82) is 0 Å². The van der Waals surface area contributed by atoms with E-state index in [9.17, 15) is 13.6 Å². The van der Waals surface area contributed by atoms with Gasteiger partial charge in [-0.3, -0.25) is 8.51 Å². The molecule has 1 N–H and O–H groups in total. The summed E-state index contributed by atoms with van der Waals surface area (Å²) in [5, 5.41) is 9.11. The van der Waals surface area contributed by atoms with Gasteiger partial charge in [0.25, 0.3) is 0 Å². The zero-order valence-corrected chi connectivity index (χ0v) is 16.2. The molecule has 0 bridgehead atoms. The zero-order valence-electron chi connectivity index (χ0n) is 15.4. The number of carbonyl (C=O) groups is 1. The van der Waals surface area contributed by atoms with Crippen LogP contribution in [0, 0.1) is 6.92 Å². The number of rotatable bonds is 7. The Hall–Kier alpha value is -2.96. The summed E-state index contributed by atoms with van der Waals surface area (Å²) in [5.74, 6) is -0.949. The number of benzene rings is 3. The predicted molar refractivity (Wildman–Crippen MR) is 109 cm³/mol. The fourth-order valence-electron chi connectivity index (χ4n) is 3.06. The Morgan fingerprint density at radius 1 is 0.929 bits per heavy atom. The summed E-state index contributed by atoms with van der Waals surface area (Å²) < 4.78 is 25.0. The van der Waals surface area contributed by atoms with E-state index < -0.39 is 17.2 Å². The summed E-state index contributed by atoms with van der Waals surface area (Å²) in [4.78, 5) is 11.1. The Morgan fingerprint density at radius 3 is 2.11 bits per heavy atom. The van der Waals surface area contributed by atoms with E-state index in [0.717, 1.165) is 16.7 Å². The molecule has 1 unspecified atom stereocenters. The highest BCUT2D eigenvalue weighted by atomic mass is 32.2. The van der Waals surface area contributed by atoms with Crippen LogP contribution in [0.2, 0.25) is 0 Å². The highest BCUT2D eigenvalue weighted by molar-refractivity contribution is 7.81. The van der Waals surface area contributed by atoms with Gasteiger partial charge in [0.05, 0.1) is 28.2 Å². The monoisotopic (exact) mass is 394 g/mol.